The lowest BCUT2D eigenvalue weighted by molar-refractivity contribution is 0.329. The van der Waals surface area contributed by atoms with Gasteiger partial charge >= 0.3 is 0 Å². The van der Waals surface area contributed by atoms with Crippen molar-refractivity contribution in [3.63, 3.8) is 0 Å². The Labute approximate surface area is 132 Å². The fourth-order valence-corrected chi connectivity index (χ4v) is 3.40. The lowest BCUT2D eigenvalue weighted by Gasteiger charge is -2.28. The first-order valence-electron chi connectivity index (χ1n) is 8.72. The topological polar surface area (TPSA) is 67.1 Å². The first-order chi connectivity index (χ1) is 10.8. The standard InChI is InChI=1S/C16H28N6/c1-3-17-16(19-13-8-6-12(2)7-9-13)18-11-15-21-20-14-5-4-10-22(14)15/h12-13H,3-11H2,1-2H3,(H2,17,18,19). The molecule has 0 aromatic carbocycles. The summed E-state index contributed by atoms with van der Waals surface area (Å²) < 4.78 is 2.22. The molecule has 22 heavy (non-hydrogen) atoms. The van der Waals surface area contributed by atoms with E-state index in [0.717, 1.165) is 43.0 Å². The summed E-state index contributed by atoms with van der Waals surface area (Å²) in [5, 5.41) is 15.5. The minimum atomic E-state index is 0.554. The highest BCUT2D eigenvalue weighted by Crippen LogP contribution is 2.23. The molecule has 6 nitrogen and oxygen atoms in total. The molecule has 122 valence electrons. The van der Waals surface area contributed by atoms with E-state index in [1.165, 1.54) is 32.1 Å². The van der Waals surface area contributed by atoms with Crippen molar-refractivity contribution in [3.05, 3.63) is 11.6 Å². The van der Waals surface area contributed by atoms with Crippen molar-refractivity contribution < 1.29 is 0 Å². The molecule has 1 fully saturated rings. The van der Waals surface area contributed by atoms with Crippen molar-refractivity contribution >= 4 is 5.96 Å². The van der Waals surface area contributed by atoms with Gasteiger partial charge in [0.1, 0.15) is 12.4 Å². The van der Waals surface area contributed by atoms with Gasteiger partial charge < -0.3 is 15.2 Å². The van der Waals surface area contributed by atoms with Crippen LogP contribution < -0.4 is 10.6 Å². The molecule has 0 unspecified atom stereocenters. The molecule has 2 heterocycles. The molecule has 0 radical (unpaired) electrons. The fraction of sp³-hybridized carbons (Fsp3) is 0.812. The van der Waals surface area contributed by atoms with Crippen molar-refractivity contribution in [1.82, 2.24) is 25.4 Å². The minimum absolute atomic E-state index is 0.554. The maximum absolute atomic E-state index is 4.72. The molecule has 1 aromatic rings. The van der Waals surface area contributed by atoms with Crippen LogP contribution in [-0.4, -0.2) is 33.3 Å². The van der Waals surface area contributed by atoms with Crippen LogP contribution in [0.5, 0.6) is 0 Å². The summed E-state index contributed by atoms with van der Waals surface area (Å²) in [7, 11) is 0. The van der Waals surface area contributed by atoms with Gasteiger partial charge in [-0.15, -0.1) is 10.2 Å². The van der Waals surface area contributed by atoms with E-state index in [1.54, 1.807) is 0 Å². The van der Waals surface area contributed by atoms with Crippen LogP contribution in [-0.2, 0) is 19.5 Å². The van der Waals surface area contributed by atoms with Gasteiger partial charge in [-0.2, -0.15) is 0 Å². The molecule has 6 heteroatoms. The molecular weight excluding hydrogens is 276 g/mol. The van der Waals surface area contributed by atoms with Crippen molar-refractivity contribution in [3.8, 4) is 0 Å². The van der Waals surface area contributed by atoms with Gasteiger partial charge in [0.15, 0.2) is 11.8 Å². The second-order valence-electron chi connectivity index (χ2n) is 6.58. The molecule has 0 bridgehead atoms. The number of nitrogens with one attached hydrogen (secondary N) is 2. The van der Waals surface area contributed by atoms with E-state index in [2.05, 4.69) is 39.2 Å². The van der Waals surface area contributed by atoms with Gasteiger partial charge in [0.2, 0.25) is 0 Å². The summed E-state index contributed by atoms with van der Waals surface area (Å²) in [4.78, 5) is 4.72. The number of aryl methyl sites for hydroxylation is 1. The number of aliphatic imine (C=N–C) groups is 1. The quantitative estimate of drug-likeness (QED) is 0.658. The lowest BCUT2D eigenvalue weighted by Crippen LogP contribution is -2.44. The second kappa shape index (κ2) is 7.11. The van der Waals surface area contributed by atoms with Crippen LogP contribution in [0.1, 0.15) is 57.6 Å². The largest absolute Gasteiger partial charge is 0.357 e. The van der Waals surface area contributed by atoms with Gasteiger partial charge in [-0.1, -0.05) is 6.92 Å². The molecule has 1 aliphatic carbocycles. The Morgan fingerprint density at radius 3 is 2.86 bits per heavy atom. The van der Waals surface area contributed by atoms with E-state index < -0.39 is 0 Å². The second-order valence-corrected chi connectivity index (χ2v) is 6.58. The number of aromatic nitrogens is 3. The lowest BCUT2D eigenvalue weighted by atomic mass is 9.87. The molecule has 2 aliphatic rings. The normalized spacial score (nSPS) is 25.1. The van der Waals surface area contributed by atoms with E-state index in [4.69, 9.17) is 4.99 Å². The molecule has 0 spiro atoms. The Morgan fingerprint density at radius 1 is 1.27 bits per heavy atom. The van der Waals surface area contributed by atoms with Crippen LogP contribution in [0.3, 0.4) is 0 Å². The summed E-state index contributed by atoms with van der Waals surface area (Å²) in [5.41, 5.74) is 0. The third kappa shape index (κ3) is 3.59. The van der Waals surface area contributed by atoms with Crippen molar-refractivity contribution in [2.45, 2.75) is 71.5 Å². The van der Waals surface area contributed by atoms with Gasteiger partial charge in [0.05, 0.1) is 0 Å². The summed E-state index contributed by atoms with van der Waals surface area (Å²) >= 11 is 0. The zero-order chi connectivity index (χ0) is 15.4. The SMILES string of the molecule is CCNC(=NCc1nnc2n1CCC2)NC1CCC(C)CC1. The molecule has 0 amide bonds. The van der Waals surface area contributed by atoms with Crippen LogP contribution in [0, 0.1) is 5.92 Å². The van der Waals surface area contributed by atoms with E-state index in [0.29, 0.717) is 12.6 Å². The Kier molecular flexibility index (Phi) is 4.95. The van der Waals surface area contributed by atoms with Crippen LogP contribution in [0.2, 0.25) is 0 Å². The van der Waals surface area contributed by atoms with Gasteiger partial charge in [0.25, 0.3) is 0 Å². The molecule has 1 saturated carbocycles. The number of hydrogen-bond acceptors (Lipinski definition) is 3. The molecule has 0 saturated heterocycles. The van der Waals surface area contributed by atoms with Crippen LogP contribution >= 0.6 is 0 Å². The molecule has 2 N–H and O–H groups in total. The Morgan fingerprint density at radius 2 is 2.09 bits per heavy atom. The number of rotatable bonds is 4. The molecule has 3 rings (SSSR count). The highest BCUT2D eigenvalue weighted by molar-refractivity contribution is 5.80. The first kappa shape index (κ1) is 15.3. The smallest absolute Gasteiger partial charge is 0.191 e. The summed E-state index contributed by atoms with van der Waals surface area (Å²) in [6, 6.07) is 0.554. The molecule has 1 aromatic heterocycles. The van der Waals surface area contributed by atoms with Gasteiger partial charge in [0, 0.05) is 25.6 Å². The van der Waals surface area contributed by atoms with Crippen LogP contribution in [0.15, 0.2) is 4.99 Å². The molecule has 0 atom stereocenters. The zero-order valence-electron chi connectivity index (χ0n) is 13.8. The summed E-state index contributed by atoms with van der Waals surface area (Å²) in [5.74, 6) is 3.89. The predicted molar refractivity (Wildman–Crippen MR) is 87.7 cm³/mol. The van der Waals surface area contributed by atoms with Crippen molar-refractivity contribution in [1.29, 1.82) is 0 Å². The maximum Gasteiger partial charge on any atom is 0.191 e. The average Bonchev–Trinajstić information content (AvgIpc) is 3.11. The maximum atomic E-state index is 4.72. The van der Waals surface area contributed by atoms with Crippen molar-refractivity contribution in [2.24, 2.45) is 10.9 Å². The van der Waals surface area contributed by atoms with Gasteiger partial charge in [-0.3, -0.25) is 0 Å². The third-order valence-electron chi connectivity index (χ3n) is 4.77. The van der Waals surface area contributed by atoms with Gasteiger partial charge in [-0.25, -0.2) is 4.99 Å². The summed E-state index contributed by atoms with van der Waals surface area (Å²) in [6.07, 6.45) is 7.34. The monoisotopic (exact) mass is 304 g/mol. The Hall–Kier alpha value is -1.59. The van der Waals surface area contributed by atoms with Crippen LogP contribution in [0.4, 0.5) is 0 Å². The highest BCUT2D eigenvalue weighted by Gasteiger charge is 2.20. The van der Waals surface area contributed by atoms with E-state index in [9.17, 15) is 0 Å². The number of fused-ring (bicyclic) bond motifs is 1. The minimum Gasteiger partial charge on any atom is -0.357 e. The molecular formula is C16H28N6. The Bertz CT molecular complexity index is 513. The predicted octanol–water partition coefficient (Wildman–Crippen LogP) is 1.86. The number of hydrogen-bond donors (Lipinski definition) is 2. The van der Waals surface area contributed by atoms with Gasteiger partial charge in [-0.05, 0) is 44.9 Å². The number of nitrogens with zero attached hydrogens (tertiary/aromatic N) is 4. The third-order valence-corrected chi connectivity index (χ3v) is 4.77. The van der Waals surface area contributed by atoms with E-state index in [-0.39, 0.29) is 0 Å². The highest BCUT2D eigenvalue weighted by atomic mass is 15.3. The Balaban J connectivity index is 1.60. The summed E-state index contributed by atoms with van der Waals surface area (Å²) in [6.45, 7) is 6.98. The van der Waals surface area contributed by atoms with E-state index in [1.807, 2.05) is 0 Å². The fourth-order valence-electron chi connectivity index (χ4n) is 3.40. The average molecular weight is 304 g/mol. The zero-order valence-corrected chi connectivity index (χ0v) is 13.8. The number of guanidine groups is 1. The van der Waals surface area contributed by atoms with Crippen LogP contribution in [0.25, 0.3) is 0 Å². The van der Waals surface area contributed by atoms with E-state index >= 15 is 0 Å². The van der Waals surface area contributed by atoms with Crippen molar-refractivity contribution in [2.75, 3.05) is 6.54 Å². The molecule has 1 aliphatic heterocycles. The first-order valence-corrected chi connectivity index (χ1v) is 8.72.